The number of carbonyl (C=O) groups is 1. The lowest BCUT2D eigenvalue weighted by Gasteiger charge is -2.10. The van der Waals surface area contributed by atoms with Gasteiger partial charge in [0.25, 0.3) is 0 Å². The molecule has 1 aliphatic carbocycles. The monoisotopic (exact) mass is 298 g/mol. The molecule has 1 aliphatic rings. The summed E-state index contributed by atoms with van der Waals surface area (Å²) in [5.41, 5.74) is -0.0841. The topological polar surface area (TPSA) is 55.1 Å². The Balaban J connectivity index is 2.15. The van der Waals surface area contributed by atoms with Crippen LogP contribution in [0.15, 0.2) is 18.2 Å². The number of alkyl halides is 3. The summed E-state index contributed by atoms with van der Waals surface area (Å²) in [4.78, 5) is 14.7. The highest BCUT2D eigenvalue weighted by Crippen LogP contribution is 2.36. The minimum Gasteiger partial charge on any atom is -0.478 e. The van der Waals surface area contributed by atoms with Crippen molar-refractivity contribution in [2.75, 3.05) is 0 Å². The molecule has 0 bridgehead atoms. The molecule has 0 aliphatic heterocycles. The van der Waals surface area contributed by atoms with Crippen LogP contribution in [0.1, 0.15) is 35.4 Å². The van der Waals surface area contributed by atoms with Gasteiger partial charge in [0.15, 0.2) is 0 Å². The second-order valence-corrected chi connectivity index (χ2v) is 5.30. The van der Waals surface area contributed by atoms with E-state index in [-0.39, 0.29) is 23.1 Å². The summed E-state index contributed by atoms with van der Waals surface area (Å²) in [6.07, 6.45) is -1.84. The Bertz CT molecular complexity index is 702. The van der Waals surface area contributed by atoms with E-state index in [1.165, 1.54) is 18.2 Å². The Morgan fingerprint density at radius 1 is 1.38 bits per heavy atom. The highest BCUT2D eigenvalue weighted by atomic mass is 19.4. The number of rotatable bonds is 4. The van der Waals surface area contributed by atoms with Gasteiger partial charge < -0.3 is 9.67 Å². The molecule has 1 N–H and O–H groups in total. The van der Waals surface area contributed by atoms with Gasteiger partial charge in [0.05, 0.1) is 11.1 Å². The molecular formula is C14H13F3N2O2. The number of aromatic nitrogens is 2. The average molecular weight is 298 g/mol. The quantitative estimate of drug-likeness (QED) is 0.939. The second-order valence-electron chi connectivity index (χ2n) is 5.30. The van der Waals surface area contributed by atoms with Gasteiger partial charge in [-0.3, -0.25) is 0 Å². The zero-order chi connectivity index (χ0) is 15.2. The zero-order valence-corrected chi connectivity index (χ0v) is 11.0. The van der Waals surface area contributed by atoms with Crippen LogP contribution in [-0.4, -0.2) is 20.6 Å². The van der Waals surface area contributed by atoms with Crippen molar-refractivity contribution in [1.29, 1.82) is 0 Å². The van der Waals surface area contributed by atoms with Crippen molar-refractivity contribution in [3.63, 3.8) is 0 Å². The lowest BCUT2D eigenvalue weighted by Crippen LogP contribution is -2.15. The third kappa shape index (κ3) is 2.59. The lowest BCUT2D eigenvalue weighted by molar-refractivity contribution is -0.147. The number of benzene rings is 1. The molecule has 7 heteroatoms. The zero-order valence-electron chi connectivity index (χ0n) is 11.0. The van der Waals surface area contributed by atoms with E-state index in [1.54, 1.807) is 0 Å². The summed E-state index contributed by atoms with van der Waals surface area (Å²) >= 11 is 0. The first-order chi connectivity index (χ1) is 9.88. The van der Waals surface area contributed by atoms with Gasteiger partial charge in [-0.2, -0.15) is 13.2 Å². The molecule has 0 amide bonds. The van der Waals surface area contributed by atoms with E-state index in [0.29, 0.717) is 12.3 Å². The molecule has 3 rings (SSSR count). The molecule has 0 saturated heterocycles. The molecule has 1 aromatic heterocycles. The number of fused-ring (bicyclic) bond motifs is 1. The van der Waals surface area contributed by atoms with Crippen LogP contribution in [0.3, 0.4) is 0 Å². The van der Waals surface area contributed by atoms with Crippen molar-refractivity contribution in [1.82, 2.24) is 9.55 Å². The van der Waals surface area contributed by atoms with Gasteiger partial charge in [-0.05, 0) is 24.5 Å². The lowest BCUT2D eigenvalue weighted by atomic mass is 10.2. The summed E-state index contributed by atoms with van der Waals surface area (Å²) in [7, 11) is 0. The van der Waals surface area contributed by atoms with E-state index in [4.69, 9.17) is 5.11 Å². The summed E-state index contributed by atoms with van der Waals surface area (Å²) < 4.78 is 40.5. The van der Waals surface area contributed by atoms with Gasteiger partial charge in [0.1, 0.15) is 5.52 Å². The number of para-hydroxylation sites is 1. The molecular weight excluding hydrogens is 285 g/mol. The third-order valence-corrected chi connectivity index (χ3v) is 3.72. The van der Waals surface area contributed by atoms with E-state index in [1.807, 2.05) is 0 Å². The Morgan fingerprint density at radius 2 is 2.10 bits per heavy atom. The fourth-order valence-corrected chi connectivity index (χ4v) is 2.48. The maximum Gasteiger partial charge on any atom is 0.449 e. The maximum atomic E-state index is 13.1. The largest absolute Gasteiger partial charge is 0.478 e. The average Bonchev–Trinajstić information content (AvgIpc) is 3.14. The van der Waals surface area contributed by atoms with Crippen molar-refractivity contribution in [3.05, 3.63) is 29.6 Å². The molecule has 0 atom stereocenters. The third-order valence-electron chi connectivity index (χ3n) is 3.72. The van der Waals surface area contributed by atoms with E-state index >= 15 is 0 Å². The number of aryl methyl sites for hydroxylation is 1. The Morgan fingerprint density at radius 3 is 2.67 bits per heavy atom. The van der Waals surface area contributed by atoms with Gasteiger partial charge in [0.2, 0.25) is 5.82 Å². The summed E-state index contributed by atoms with van der Waals surface area (Å²) in [6.45, 7) is 0.207. The molecule has 0 unspecified atom stereocenters. The predicted octanol–water partition coefficient (Wildman–Crippen LogP) is 3.55. The normalized spacial score (nSPS) is 15.6. The molecule has 1 saturated carbocycles. The molecule has 0 radical (unpaired) electrons. The van der Waals surface area contributed by atoms with Crippen LogP contribution in [-0.2, 0) is 12.7 Å². The molecule has 112 valence electrons. The minimum absolute atomic E-state index is 0.104. The van der Waals surface area contributed by atoms with E-state index in [2.05, 4.69) is 4.98 Å². The minimum atomic E-state index is -4.60. The Kier molecular flexibility index (Phi) is 3.15. The SMILES string of the molecule is O=C(O)c1cccc2c1nc(C(F)(F)F)n2CCC1CC1. The molecule has 1 aromatic carbocycles. The fraction of sp³-hybridized carbons (Fsp3) is 0.429. The van der Waals surface area contributed by atoms with Crippen LogP contribution in [0.5, 0.6) is 0 Å². The van der Waals surface area contributed by atoms with Crippen molar-refractivity contribution < 1.29 is 23.1 Å². The van der Waals surface area contributed by atoms with Crippen LogP contribution < -0.4 is 0 Å². The fourth-order valence-electron chi connectivity index (χ4n) is 2.48. The van der Waals surface area contributed by atoms with Gasteiger partial charge in [-0.1, -0.05) is 18.9 Å². The highest BCUT2D eigenvalue weighted by Gasteiger charge is 2.38. The van der Waals surface area contributed by atoms with Crippen LogP contribution in [0, 0.1) is 5.92 Å². The Labute approximate surface area is 118 Å². The van der Waals surface area contributed by atoms with Gasteiger partial charge in [-0.25, -0.2) is 9.78 Å². The van der Waals surface area contributed by atoms with Crippen LogP contribution >= 0.6 is 0 Å². The van der Waals surface area contributed by atoms with Gasteiger partial charge in [0, 0.05) is 6.54 Å². The molecule has 1 fully saturated rings. The van der Waals surface area contributed by atoms with Crippen LogP contribution in [0.4, 0.5) is 13.2 Å². The highest BCUT2D eigenvalue weighted by molar-refractivity contribution is 6.01. The Hall–Kier alpha value is -2.05. The second kappa shape index (κ2) is 4.75. The van der Waals surface area contributed by atoms with Gasteiger partial charge >= 0.3 is 12.1 Å². The number of hydrogen-bond donors (Lipinski definition) is 1. The first-order valence-corrected chi connectivity index (χ1v) is 6.67. The number of carboxylic acid groups (broad SMARTS) is 1. The molecule has 2 aromatic rings. The van der Waals surface area contributed by atoms with Crippen LogP contribution in [0.25, 0.3) is 11.0 Å². The maximum absolute atomic E-state index is 13.1. The van der Waals surface area contributed by atoms with Crippen molar-refractivity contribution in [2.45, 2.75) is 32.0 Å². The van der Waals surface area contributed by atoms with Crippen molar-refractivity contribution in [2.24, 2.45) is 5.92 Å². The van der Waals surface area contributed by atoms with Crippen LogP contribution in [0.2, 0.25) is 0 Å². The molecule has 4 nitrogen and oxygen atoms in total. The standard InChI is InChI=1S/C14H13F3N2O2/c15-14(16,17)13-18-11-9(12(20)21)2-1-3-10(11)19(13)7-6-8-4-5-8/h1-3,8H,4-7H2,(H,20,21). The van der Waals surface area contributed by atoms with E-state index < -0.39 is 18.0 Å². The number of aromatic carboxylic acids is 1. The first-order valence-electron chi connectivity index (χ1n) is 6.67. The number of hydrogen-bond acceptors (Lipinski definition) is 2. The molecule has 1 heterocycles. The predicted molar refractivity (Wildman–Crippen MR) is 69.0 cm³/mol. The van der Waals surface area contributed by atoms with Gasteiger partial charge in [-0.15, -0.1) is 0 Å². The number of halogens is 3. The van der Waals surface area contributed by atoms with Crippen molar-refractivity contribution in [3.8, 4) is 0 Å². The summed E-state index contributed by atoms with van der Waals surface area (Å²) in [6, 6.07) is 4.20. The summed E-state index contributed by atoms with van der Waals surface area (Å²) in [5, 5.41) is 9.08. The van der Waals surface area contributed by atoms with E-state index in [0.717, 1.165) is 17.4 Å². The number of imidazole rings is 1. The molecule has 21 heavy (non-hydrogen) atoms. The van der Waals surface area contributed by atoms with Crippen molar-refractivity contribution >= 4 is 17.0 Å². The first kappa shape index (κ1) is 13.9. The number of nitrogens with zero attached hydrogens (tertiary/aromatic N) is 2. The summed E-state index contributed by atoms with van der Waals surface area (Å²) in [5.74, 6) is -1.82. The van der Waals surface area contributed by atoms with E-state index in [9.17, 15) is 18.0 Å². The molecule has 0 spiro atoms. The smallest absolute Gasteiger partial charge is 0.449 e. The number of carboxylic acids is 1.